The molecule has 3 aliphatic rings. The number of nitrogens with one attached hydrogen (secondary N) is 1. The van der Waals surface area contributed by atoms with Crippen LogP contribution in [0.3, 0.4) is 0 Å². The van der Waals surface area contributed by atoms with Crippen LogP contribution in [0.4, 0.5) is 20.8 Å². The lowest BCUT2D eigenvalue weighted by molar-refractivity contribution is 0.0655. The van der Waals surface area contributed by atoms with Gasteiger partial charge in [0.1, 0.15) is 11.6 Å². The Labute approximate surface area is 194 Å². The van der Waals surface area contributed by atoms with E-state index in [4.69, 9.17) is 4.74 Å². The number of carbonyl (C=O) groups excluding carboxylic acids is 1. The van der Waals surface area contributed by atoms with E-state index in [0.29, 0.717) is 19.8 Å². The van der Waals surface area contributed by atoms with Crippen LogP contribution in [-0.2, 0) is 17.3 Å². The summed E-state index contributed by atoms with van der Waals surface area (Å²) in [4.78, 5) is 19.3. The summed E-state index contributed by atoms with van der Waals surface area (Å²) >= 11 is 0. The lowest BCUT2D eigenvalue weighted by atomic mass is 9.69. The van der Waals surface area contributed by atoms with Crippen LogP contribution in [0, 0.1) is 5.82 Å². The highest BCUT2D eigenvalue weighted by molar-refractivity contribution is 5.95. The number of aromatic nitrogens is 2. The van der Waals surface area contributed by atoms with Crippen LogP contribution in [0.1, 0.15) is 31.2 Å². The zero-order chi connectivity index (χ0) is 23.2. The van der Waals surface area contributed by atoms with Crippen LogP contribution in [-0.4, -0.2) is 73.2 Å². The van der Waals surface area contributed by atoms with Crippen molar-refractivity contribution in [2.45, 2.75) is 36.8 Å². The Morgan fingerprint density at radius 3 is 2.52 bits per heavy atom. The molecule has 3 fully saturated rings. The lowest BCUT2D eigenvalue weighted by Gasteiger charge is -2.48. The first-order valence-electron chi connectivity index (χ1n) is 11.7. The number of urea groups is 1. The van der Waals surface area contributed by atoms with E-state index in [-0.39, 0.29) is 22.9 Å². The van der Waals surface area contributed by atoms with E-state index in [2.05, 4.69) is 34.3 Å². The smallest absolute Gasteiger partial charge is 0.323 e. The molecule has 0 radical (unpaired) electrons. The molecule has 5 rings (SSSR count). The maximum absolute atomic E-state index is 14.0. The van der Waals surface area contributed by atoms with Gasteiger partial charge in [0.2, 0.25) is 0 Å². The summed E-state index contributed by atoms with van der Waals surface area (Å²) in [6.07, 6.45) is 3.36. The molecule has 1 spiro atoms. The predicted molar refractivity (Wildman–Crippen MR) is 125 cm³/mol. The van der Waals surface area contributed by atoms with E-state index in [9.17, 15) is 9.18 Å². The fraction of sp³-hybridized carbons (Fsp3) is 0.583. The van der Waals surface area contributed by atoms with Crippen molar-refractivity contribution in [3.63, 3.8) is 0 Å². The van der Waals surface area contributed by atoms with E-state index in [0.717, 1.165) is 56.0 Å². The number of morpholine rings is 1. The largest absolute Gasteiger partial charge is 0.378 e. The number of hydrogen-bond acceptors (Lipinski definition) is 5. The zero-order valence-corrected chi connectivity index (χ0v) is 19.7. The monoisotopic (exact) mass is 456 g/mol. The third kappa shape index (κ3) is 3.87. The molecule has 0 atom stereocenters. The maximum atomic E-state index is 14.0. The molecule has 3 heterocycles. The van der Waals surface area contributed by atoms with Crippen LogP contribution in [0.25, 0.3) is 0 Å². The summed E-state index contributed by atoms with van der Waals surface area (Å²) in [5, 5.41) is 7.96. The second-order valence-electron chi connectivity index (χ2n) is 9.82. The Kier molecular flexibility index (Phi) is 5.56. The highest BCUT2D eigenvalue weighted by Crippen LogP contribution is 2.46. The van der Waals surface area contributed by atoms with Crippen LogP contribution in [0.2, 0.25) is 0 Å². The van der Waals surface area contributed by atoms with Crippen molar-refractivity contribution in [3.8, 4) is 0 Å². The molecule has 33 heavy (non-hydrogen) atoms. The second-order valence-corrected chi connectivity index (χ2v) is 9.82. The summed E-state index contributed by atoms with van der Waals surface area (Å²) in [5.74, 6) is 1.48. The van der Waals surface area contributed by atoms with Crippen LogP contribution in [0.15, 0.2) is 30.3 Å². The van der Waals surface area contributed by atoms with Gasteiger partial charge in [-0.25, -0.2) is 9.18 Å². The van der Waals surface area contributed by atoms with Gasteiger partial charge in [-0.05, 0) is 57.5 Å². The number of carbonyl (C=O) groups is 1. The first-order chi connectivity index (χ1) is 15.8. The maximum Gasteiger partial charge on any atom is 0.323 e. The number of hydrogen-bond donors (Lipinski definition) is 1. The molecule has 2 saturated heterocycles. The molecule has 178 valence electrons. The van der Waals surface area contributed by atoms with Crippen molar-refractivity contribution in [2.75, 3.05) is 56.7 Å². The molecule has 1 aromatic heterocycles. The summed E-state index contributed by atoms with van der Waals surface area (Å²) in [6.45, 7) is 3.61. The van der Waals surface area contributed by atoms with Gasteiger partial charge in [0.05, 0.1) is 25.3 Å². The number of rotatable bonds is 4. The molecule has 1 aromatic carbocycles. The van der Waals surface area contributed by atoms with Gasteiger partial charge in [0.25, 0.3) is 0 Å². The van der Waals surface area contributed by atoms with Crippen molar-refractivity contribution in [1.82, 2.24) is 20.0 Å². The van der Waals surface area contributed by atoms with E-state index in [1.165, 1.54) is 6.07 Å². The van der Waals surface area contributed by atoms with E-state index in [1.54, 1.807) is 16.8 Å². The molecule has 1 saturated carbocycles. The summed E-state index contributed by atoms with van der Waals surface area (Å²) in [5.41, 5.74) is 0.486. The van der Waals surface area contributed by atoms with Crippen molar-refractivity contribution in [2.24, 2.45) is 7.05 Å². The average molecular weight is 457 g/mol. The molecular formula is C24H33FN6O2. The molecule has 1 aliphatic carbocycles. The first kappa shape index (κ1) is 22.2. The Hall–Kier alpha value is -2.65. The minimum Gasteiger partial charge on any atom is -0.378 e. The van der Waals surface area contributed by atoms with Gasteiger partial charge < -0.3 is 15.0 Å². The van der Waals surface area contributed by atoms with Crippen LogP contribution < -0.4 is 15.1 Å². The van der Waals surface area contributed by atoms with Gasteiger partial charge in [-0.2, -0.15) is 5.10 Å². The Morgan fingerprint density at radius 2 is 1.85 bits per heavy atom. The van der Waals surface area contributed by atoms with Crippen molar-refractivity contribution < 1.29 is 13.9 Å². The van der Waals surface area contributed by atoms with Gasteiger partial charge >= 0.3 is 6.03 Å². The fourth-order valence-corrected chi connectivity index (χ4v) is 5.73. The number of benzene rings is 1. The average Bonchev–Trinajstić information content (AvgIpc) is 3.34. The number of aryl methyl sites for hydroxylation is 1. The van der Waals surface area contributed by atoms with Gasteiger partial charge in [-0.15, -0.1) is 0 Å². The standard InChI is InChI=1S/C24H33FN6O2/c1-28(2)24(18-5-4-6-19(25)15-18)9-7-23(8-10-24)17-31(22(32)26-23)21-16-20(27-29(21)3)30-11-13-33-14-12-30/h4-6,15-16H,7-14,17H2,1-3H3,(H,26,32). The normalized spacial score (nSPS) is 28.1. The summed E-state index contributed by atoms with van der Waals surface area (Å²) in [6, 6.07) is 8.88. The number of halogens is 1. The summed E-state index contributed by atoms with van der Waals surface area (Å²) in [7, 11) is 6.01. The number of nitrogens with zero attached hydrogens (tertiary/aromatic N) is 5. The molecular weight excluding hydrogens is 423 g/mol. The quantitative estimate of drug-likeness (QED) is 0.767. The van der Waals surface area contributed by atoms with Crippen LogP contribution in [0.5, 0.6) is 0 Å². The Bertz CT molecular complexity index is 1020. The Balaban J connectivity index is 1.34. The SMILES string of the molecule is CN(C)C1(c2cccc(F)c2)CCC2(CC1)CN(c1cc(N3CCOCC3)nn1C)C(=O)N2. The highest BCUT2D eigenvalue weighted by Gasteiger charge is 2.50. The summed E-state index contributed by atoms with van der Waals surface area (Å²) < 4.78 is 21.3. The van der Waals surface area contributed by atoms with E-state index >= 15 is 0 Å². The van der Waals surface area contributed by atoms with Crippen LogP contribution >= 0.6 is 0 Å². The molecule has 0 unspecified atom stereocenters. The first-order valence-corrected chi connectivity index (χ1v) is 11.7. The molecule has 2 amide bonds. The second kappa shape index (κ2) is 8.29. The molecule has 2 aliphatic heterocycles. The lowest BCUT2D eigenvalue weighted by Crippen LogP contribution is -2.54. The van der Waals surface area contributed by atoms with E-state index in [1.807, 2.05) is 24.1 Å². The minimum absolute atomic E-state index is 0.0744. The Morgan fingerprint density at radius 1 is 1.12 bits per heavy atom. The zero-order valence-electron chi connectivity index (χ0n) is 19.7. The molecule has 9 heteroatoms. The van der Waals surface area contributed by atoms with Gasteiger partial charge in [-0.1, -0.05) is 12.1 Å². The van der Waals surface area contributed by atoms with E-state index < -0.39 is 0 Å². The highest BCUT2D eigenvalue weighted by atomic mass is 19.1. The molecule has 0 bridgehead atoms. The number of amides is 2. The van der Waals surface area contributed by atoms with Gasteiger partial charge in [0, 0.05) is 31.7 Å². The van der Waals surface area contributed by atoms with Gasteiger partial charge in [-0.3, -0.25) is 14.5 Å². The molecule has 8 nitrogen and oxygen atoms in total. The molecule has 1 N–H and O–H groups in total. The topological polar surface area (TPSA) is 65.9 Å². The van der Waals surface area contributed by atoms with Crippen molar-refractivity contribution >= 4 is 17.7 Å². The van der Waals surface area contributed by atoms with Gasteiger partial charge in [0.15, 0.2) is 5.82 Å². The number of ether oxygens (including phenoxy) is 1. The predicted octanol–water partition coefficient (Wildman–Crippen LogP) is 2.70. The third-order valence-electron chi connectivity index (χ3n) is 7.78. The third-order valence-corrected chi connectivity index (χ3v) is 7.78. The minimum atomic E-state index is -0.284. The fourth-order valence-electron chi connectivity index (χ4n) is 5.73. The van der Waals surface area contributed by atoms with Crippen molar-refractivity contribution in [3.05, 3.63) is 41.7 Å². The van der Waals surface area contributed by atoms with Crippen molar-refractivity contribution in [1.29, 1.82) is 0 Å². The number of anilines is 2. The molecule has 2 aromatic rings.